The summed E-state index contributed by atoms with van der Waals surface area (Å²) < 4.78 is 5.30. The Bertz CT molecular complexity index is 888. The summed E-state index contributed by atoms with van der Waals surface area (Å²) in [6.07, 6.45) is 3.42. The number of pyridine rings is 1. The van der Waals surface area contributed by atoms with E-state index in [2.05, 4.69) is 20.1 Å². The van der Waals surface area contributed by atoms with Crippen LogP contribution in [0, 0.1) is 0 Å². The summed E-state index contributed by atoms with van der Waals surface area (Å²) in [6, 6.07) is 12.0. The Morgan fingerprint density at radius 1 is 0.969 bits per heavy atom. The smallest absolute Gasteiger partial charge is 0.410 e. The van der Waals surface area contributed by atoms with Crippen LogP contribution in [0.4, 0.5) is 21.9 Å². The predicted molar refractivity (Wildman–Crippen MR) is 127 cm³/mol. The lowest BCUT2D eigenvalue weighted by Crippen LogP contribution is -2.46. The first-order valence-electron chi connectivity index (χ1n) is 11.0. The number of rotatable bonds is 6. The number of aromatic nitrogens is 1. The minimum atomic E-state index is -0.555. The molecule has 2 amide bonds. The Morgan fingerprint density at radius 3 is 2.03 bits per heavy atom. The van der Waals surface area contributed by atoms with E-state index in [4.69, 9.17) is 4.74 Å². The summed E-state index contributed by atoms with van der Waals surface area (Å²) in [5.41, 5.74) is 2.53. The fourth-order valence-corrected chi connectivity index (χ4v) is 3.46. The SMILES string of the molecule is CN(CCC(=O)Nc1ccc(N2CCN(c3ccncc3)CC2)cc1)C(=O)OC(C)(C)C. The molecule has 0 radical (unpaired) electrons. The van der Waals surface area contributed by atoms with Gasteiger partial charge in [0.2, 0.25) is 5.91 Å². The molecule has 1 N–H and O–H groups in total. The molecular formula is C24H33N5O3. The van der Waals surface area contributed by atoms with Gasteiger partial charge < -0.3 is 24.8 Å². The van der Waals surface area contributed by atoms with Crippen molar-refractivity contribution >= 4 is 29.1 Å². The standard InChI is InChI=1S/C24H33N5O3/c1-24(2,3)32-23(31)27(4)14-11-22(30)26-19-5-7-20(8-6-19)28-15-17-29(18-16-28)21-9-12-25-13-10-21/h5-10,12-13H,11,14-18H2,1-4H3,(H,26,30). The normalized spacial score (nSPS) is 14.1. The van der Waals surface area contributed by atoms with Crippen molar-refractivity contribution in [2.45, 2.75) is 32.8 Å². The molecule has 1 fully saturated rings. The number of piperazine rings is 1. The first kappa shape index (κ1) is 23.4. The highest BCUT2D eigenvalue weighted by molar-refractivity contribution is 5.91. The minimum absolute atomic E-state index is 0.140. The molecule has 0 bridgehead atoms. The molecule has 172 valence electrons. The highest BCUT2D eigenvalue weighted by Gasteiger charge is 2.20. The van der Waals surface area contributed by atoms with E-state index in [0.29, 0.717) is 6.54 Å². The van der Waals surface area contributed by atoms with Gasteiger partial charge in [-0.05, 0) is 57.2 Å². The van der Waals surface area contributed by atoms with Gasteiger partial charge in [-0.1, -0.05) is 0 Å². The van der Waals surface area contributed by atoms with Gasteiger partial charge >= 0.3 is 6.09 Å². The van der Waals surface area contributed by atoms with Crippen molar-refractivity contribution < 1.29 is 14.3 Å². The summed E-state index contributed by atoms with van der Waals surface area (Å²) in [7, 11) is 1.63. The first-order valence-corrected chi connectivity index (χ1v) is 11.0. The molecule has 2 heterocycles. The number of nitrogens with zero attached hydrogens (tertiary/aromatic N) is 4. The molecule has 8 nitrogen and oxygen atoms in total. The number of anilines is 3. The molecular weight excluding hydrogens is 406 g/mol. The fourth-order valence-electron chi connectivity index (χ4n) is 3.46. The zero-order valence-corrected chi connectivity index (χ0v) is 19.4. The number of amides is 2. The van der Waals surface area contributed by atoms with Crippen LogP contribution in [0.2, 0.25) is 0 Å². The highest BCUT2D eigenvalue weighted by atomic mass is 16.6. The lowest BCUT2D eigenvalue weighted by molar-refractivity contribution is -0.116. The van der Waals surface area contributed by atoms with E-state index in [1.165, 1.54) is 10.6 Å². The van der Waals surface area contributed by atoms with Crippen molar-refractivity contribution in [1.82, 2.24) is 9.88 Å². The van der Waals surface area contributed by atoms with Gasteiger partial charge in [-0.25, -0.2) is 4.79 Å². The topological polar surface area (TPSA) is 78.0 Å². The van der Waals surface area contributed by atoms with E-state index >= 15 is 0 Å². The Morgan fingerprint density at radius 2 is 1.50 bits per heavy atom. The van der Waals surface area contributed by atoms with Gasteiger partial charge in [0, 0.05) is 75.6 Å². The number of nitrogens with one attached hydrogen (secondary N) is 1. The van der Waals surface area contributed by atoms with Crippen molar-refractivity contribution in [3.8, 4) is 0 Å². The molecule has 0 unspecified atom stereocenters. The number of hydrogen-bond donors (Lipinski definition) is 1. The number of hydrogen-bond acceptors (Lipinski definition) is 6. The van der Waals surface area contributed by atoms with Gasteiger partial charge in [0.05, 0.1) is 0 Å². The Hall–Kier alpha value is -3.29. The van der Waals surface area contributed by atoms with Crippen molar-refractivity contribution in [2.24, 2.45) is 0 Å². The number of carbonyl (C=O) groups excluding carboxylic acids is 2. The third-order valence-electron chi connectivity index (χ3n) is 5.20. The molecule has 1 saturated heterocycles. The van der Waals surface area contributed by atoms with Crippen LogP contribution < -0.4 is 15.1 Å². The third-order valence-corrected chi connectivity index (χ3v) is 5.20. The van der Waals surface area contributed by atoms with Crippen LogP contribution in [-0.2, 0) is 9.53 Å². The van der Waals surface area contributed by atoms with Crippen LogP contribution in [-0.4, -0.2) is 67.3 Å². The summed E-state index contributed by atoms with van der Waals surface area (Å²) in [4.78, 5) is 34.5. The average Bonchev–Trinajstić information content (AvgIpc) is 2.77. The second-order valence-electron chi connectivity index (χ2n) is 8.93. The lowest BCUT2D eigenvalue weighted by atomic mass is 10.2. The monoisotopic (exact) mass is 439 g/mol. The number of carbonyl (C=O) groups is 2. The molecule has 3 rings (SSSR count). The maximum Gasteiger partial charge on any atom is 0.410 e. The van der Waals surface area contributed by atoms with Gasteiger partial charge in [0.25, 0.3) is 0 Å². The van der Waals surface area contributed by atoms with E-state index in [9.17, 15) is 9.59 Å². The second-order valence-corrected chi connectivity index (χ2v) is 8.93. The molecule has 0 aliphatic carbocycles. The molecule has 0 atom stereocenters. The first-order chi connectivity index (χ1) is 15.2. The zero-order valence-electron chi connectivity index (χ0n) is 19.4. The molecule has 8 heteroatoms. The largest absolute Gasteiger partial charge is 0.444 e. The van der Waals surface area contributed by atoms with Crippen molar-refractivity contribution in [2.75, 3.05) is 54.9 Å². The lowest BCUT2D eigenvalue weighted by Gasteiger charge is -2.37. The maximum absolute atomic E-state index is 12.3. The Kier molecular flexibility index (Phi) is 7.56. The Balaban J connectivity index is 1.43. The molecule has 0 saturated carbocycles. The molecule has 32 heavy (non-hydrogen) atoms. The average molecular weight is 440 g/mol. The number of ether oxygens (including phenoxy) is 1. The fraction of sp³-hybridized carbons (Fsp3) is 0.458. The van der Waals surface area contributed by atoms with Crippen LogP contribution >= 0.6 is 0 Å². The highest BCUT2D eigenvalue weighted by Crippen LogP contribution is 2.22. The van der Waals surface area contributed by atoms with E-state index in [-0.39, 0.29) is 12.3 Å². The van der Waals surface area contributed by atoms with Crippen LogP contribution in [0.1, 0.15) is 27.2 Å². The van der Waals surface area contributed by atoms with Crippen LogP contribution in [0.5, 0.6) is 0 Å². The van der Waals surface area contributed by atoms with E-state index < -0.39 is 11.7 Å². The Labute approximate surface area is 190 Å². The van der Waals surface area contributed by atoms with Gasteiger partial charge in [-0.15, -0.1) is 0 Å². The summed E-state index contributed by atoms with van der Waals surface area (Å²) in [6.45, 7) is 9.51. The van der Waals surface area contributed by atoms with E-state index in [1.54, 1.807) is 7.05 Å². The van der Waals surface area contributed by atoms with Gasteiger partial charge in [-0.3, -0.25) is 9.78 Å². The van der Waals surface area contributed by atoms with Gasteiger partial charge in [-0.2, -0.15) is 0 Å². The summed E-state index contributed by atoms with van der Waals surface area (Å²) >= 11 is 0. The molecule has 0 spiro atoms. The van der Waals surface area contributed by atoms with Crippen LogP contribution in [0.15, 0.2) is 48.8 Å². The van der Waals surface area contributed by atoms with Crippen LogP contribution in [0.25, 0.3) is 0 Å². The van der Waals surface area contributed by atoms with Crippen molar-refractivity contribution in [3.05, 3.63) is 48.8 Å². The number of benzene rings is 1. The maximum atomic E-state index is 12.3. The van der Waals surface area contributed by atoms with Crippen LogP contribution in [0.3, 0.4) is 0 Å². The van der Waals surface area contributed by atoms with Gasteiger partial charge in [0.15, 0.2) is 0 Å². The predicted octanol–water partition coefficient (Wildman–Crippen LogP) is 3.60. The molecule has 1 aromatic carbocycles. The van der Waals surface area contributed by atoms with E-state index in [1.807, 2.05) is 69.6 Å². The van der Waals surface area contributed by atoms with Gasteiger partial charge in [0.1, 0.15) is 5.60 Å². The minimum Gasteiger partial charge on any atom is -0.444 e. The third kappa shape index (κ3) is 6.87. The van der Waals surface area contributed by atoms with Crippen molar-refractivity contribution in [1.29, 1.82) is 0 Å². The van der Waals surface area contributed by atoms with Crippen molar-refractivity contribution in [3.63, 3.8) is 0 Å². The zero-order chi connectivity index (χ0) is 23.1. The second kappa shape index (κ2) is 10.3. The molecule has 1 aliphatic rings. The van der Waals surface area contributed by atoms with E-state index in [0.717, 1.165) is 37.6 Å². The molecule has 1 aliphatic heterocycles. The quantitative estimate of drug-likeness (QED) is 0.741. The summed E-state index contributed by atoms with van der Waals surface area (Å²) in [5.74, 6) is -0.140. The summed E-state index contributed by atoms with van der Waals surface area (Å²) in [5, 5.41) is 2.89. The molecule has 1 aromatic heterocycles. The molecule has 2 aromatic rings.